The Hall–Kier alpha value is -3.88. The van der Waals surface area contributed by atoms with Crippen molar-refractivity contribution in [2.45, 2.75) is 71.1 Å². The van der Waals surface area contributed by atoms with E-state index in [1.807, 2.05) is 58.0 Å². The van der Waals surface area contributed by atoms with Gasteiger partial charge in [-0.25, -0.2) is 4.57 Å². The molecule has 9 heteroatoms. The smallest absolute Gasteiger partial charge is 0.272 e. The monoisotopic (exact) mass is 534 g/mol. The van der Waals surface area contributed by atoms with Gasteiger partial charge in [0.05, 0.1) is 25.5 Å². The van der Waals surface area contributed by atoms with Gasteiger partial charge in [-0.1, -0.05) is 26.0 Å². The maximum atomic E-state index is 13.5. The first-order valence-corrected chi connectivity index (χ1v) is 13.7. The summed E-state index contributed by atoms with van der Waals surface area (Å²) in [5.41, 5.74) is 1.77. The van der Waals surface area contributed by atoms with E-state index in [0.29, 0.717) is 36.9 Å². The average Bonchev–Trinajstić information content (AvgIpc) is 3.32. The first kappa shape index (κ1) is 28.1. The van der Waals surface area contributed by atoms with Crippen molar-refractivity contribution in [3.63, 3.8) is 0 Å². The van der Waals surface area contributed by atoms with Crippen LogP contribution in [0.5, 0.6) is 11.5 Å². The van der Waals surface area contributed by atoms with Gasteiger partial charge in [0, 0.05) is 43.6 Å². The fourth-order valence-electron chi connectivity index (χ4n) is 4.75. The fraction of sp³-hybridized carbons (Fsp3) is 0.467. The molecule has 4 rings (SSSR count). The lowest BCUT2D eigenvalue weighted by atomic mass is 9.93. The number of nitrogens with one attached hydrogen (secondary N) is 2. The molecule has 1 saturated carbocycles. The number of amides is 2. The summed E-state index contributed by atoms with van der Waals surface area (Å²) in [4.78, 5) is 26.3. The van der Waals surface area contributed by atoms with Gasteiger partial charge in [0.1, 0.15) is 18.0 Å². The molecule has 1 fully saturated rings. The van der Waals surface area contributed by atoms with E-state index >= 15 is 0 Å². The number of carbonyl (C=O) groups is 2. The Morgan fingerprint density at radius 2 is 1.77 bits per heavy atom. The van der Waals surface area contributed by atoms with Crippen molar-refractivity contribution in [1.29, 1.82) is 0 Å². The zero-order valence-electron chi connectivity index (χ0n) is 23.4. The molecule has 2 heterocycles. The van der Waals surface area contributed by atoms with Crippen LogP contribution in [0.15, 0.2) is 54.9 Å². The van der Waals surface area contributed by atoms with Crippen LogP contribution in [0.1, 0.15) is 56.4 Å². The van der Waals surface area contributed by atoms with Crippen LogP contribution in [-0.2, 0) is 17.9 Å². The minimum Gasteiger partial charge on any atom is -0.496 e. The summed E-state index contributed by atoms with van der Waals surface area (Å²) in [5.74, 6) is 1.22. The maximum Gasteiger partial charge on any atom is 0.272 e. The zero-order chi connectivity index (χ0) is 27.8. The van der Waals surface area contributed by atoms with E-state index in [2.05, 4.69) is 29.6 Å². The molecule has 39 heavy (non-hydrogen) atoms. The normalized spacial score (nSPS) is 14.0. The van der Waals surface area contributed by atoms with Crippen molar-refractivity contribution < 1.29 is 23.6 Å². The molecule has 2 N–H and O–H groups in total. The number of hydrogen-bond donors (Lipinski definition) is 2. The number of aromatic nitrogens is 3. The number of benzene rings is 1. The quantitative estimate of drug-likeness (QED) is 0.326. The third kappa shape index (κ3) is 7.37. The fourth-order valence-corrected chi connectivity index (χ4v) is 4.75. The molecular formula is C30H40N5O4+. The lowest BCUT2D eigenvalue weighted by molar-refractivity contribution is -0.697. The maximum absolute atomic E-state index is 13.5. The van der Waals surface area contributed by atoms with Crippen LogP contribution >= 0.6 is 0 Å². The Kier molecular flexibility index (Phi) is 9.57. The Labute approximate surface area is 230 Å². The highest BCUT2D eigenvalue weighted by atomic mass is 16.5. The molecule has 0 saturated heterocycles. The summed E-state index contributed by atoms with van der Waals surface area (Å²) in [7, 11) is 3.22. The summed E-state index contributed by atoms with van der Waals surface area (Å²) in [6.07, 6.45) is 7.97. The molecule has 1 atom stereocenters. The number of aryl methyl sites for hydroxylation is 1. The van der Waals surface area contributed by atoms with Crippen LogP contribution in [0.25, 0.3) is 11.3 Å². The van der Waals surface area contributed by atoms with Crippen molar-refractivity contribution in [3.8, 4) is 22.8 Å². The van der Waals surface area contributed by atoms with Crippen LogP contribution in [0.3, 0.4) is 0 Å². The molecule has 0 unspecified atom stereocenters. The lowest BCUT2D eigenvalue weighted by Gasteiger charge is -2.27. The first-order chi connectivity index (χ1) is 18.9. The number of methoxy groups -OCH3 is 2. The molecule has 1 aliphatic rings. The second-order valence-electron chi connectivity index (χ2n) is 10.5. The minimum atomic E-state index is -0.343. The lowest BCUT2D eigenvalue weighted by Crippen LogP contribution is -2.45. The molecular weight excluding hydrogens is 494 g/mol. The Bertz CT molecular complexity index is 1230. The van der Waals surface area contributed by atoms with Crippen LogP contribution < -0.4 is 24.7 Å². The number of rotatable bonds is 13. The van der Waals surface area contributed by atoms with Crippen LogP contribution in [0, 0.1) is 5.92 Å². The predicted molar refractivity (Wildman–Crippen MR) is 149 cm³/mol. The van der Waals surface area contributed by atoms with Gasteiger partial charge >= 0.3 is 0 Å². The summed E-state index contributed by atoms with van der Waals surface area (Å²) in [5, 5.41) is 10.9. The molecule has 0 radical (unpaired) electrons. The summed E-state index contributed by atoms with van der Waals surface area (Å²) < 4.78 is 15.1. The second-order valence-corrected chi connectivity index (χ2v) is 10.5. The summed E-state index contributed by atoms with van der Waals surface area (Å²) in [6, 6.07) is 13.2. The SMILES string of the molecule is COc1cccc(OC)c1-c1cc(C(=O)N[C@@H](CC[n+]2ccccc2)CC(=O)NC2CCC2)nn1CC(C)C. The number of pyridine rings is 1. The van der Waals surface area contributed by atoms with Crippen LogP contribution in [0.2, 0.25) is 0 Å². The first-order valence-electron chi connectivity index (χ1n) is 13.7. The van der Waals surface area contributed by atoms with Crippen LogP contribution in [-0.4, -0.2) is 47.9 Å². The second kappa shape index (κ2) is 13.3. The number of carbonyl (C=O) groups excluding carboxylic acids is 2. The van der Waals surface area contributed by atoms with E-state index in [0.717, 1.165) is 30.5 Å². The van der Waals surface area contributed by atoms with E-state index in [-0.39, 0.29) is 36.0 Å². The van der Waals surface area contributed by atoms with Gasteiger partial charge in [0.2, 0.25) is 5.91 Å². The molecule has 9 nitrogen and oxygen atoms in total. The van der Waals surface area contributed by atoms with Crippen molar-refractivity contribution >= 4 is 11.8 Å². The molecule has 3 aromatic rings. The number of nitrogens with zero attached hydrogens (tertiary/aromatic N) is 3. The van der Waals surface area contributed by atoms with Gasteiger partial charge < -0.3 is 20.1 Å². The summed E-state index contributed by atoms with van der Waals surface area (Å²) in [6.45, 7) is 5.49. The largest absolute Gasteiger partial charge is 0.496 e. The highest BCUT2D eigenvalue weighted by Gasteiger charge is 2.26. The molecule has 0 bridgehead atoms. The van der Waals surface area contributed by atoms with Crippen LogP contribution in [0.4, 0.5) is 0 Å². The highest BCUT2D eigenvalue weighted by molar-refractivity contribution is 5.94. The molecule has 2 amide bonds. The number of ether oxygens (including phenoxy) is 2. The highest BCUT2D eigenvalue weighted by Crippen LogP contribution is 2.38. The standard InChI is InChI=1S/C30H39N5O4/c1-21(2)20-35-25(29-26(38-3)12-9-13-27(29)39-4)19-24(33-35)30(37)32-23(14-17-34-15-6-5-7-16-34)18-28(36)31-22-10-8-11-22/h5-7,9,12-13,15-16,19,21-23H,8,10-11,14,17-18,20H2,1-4H3,(H-,31,32,36,37)/p+1/t23-/m0/s1. The third-order valence-corrected chi connectivity index (χ3v) is 6.99. The van der Waals surface area contributed by atoms with E-state index in [9.17, 15) is 9.59 Å². The molecule has 2 aromatic heterocycles. The minimum absolute atomic E-state index is 0.0344. The van der Waals surface area contributed by atoms with E-state index in [1.165, 1.54) is 0 Å². The average molecular weight is 535 g/mol. The number of hydrogen-bond acceptors (Lipinski definition) is 5. The van der Waals surface area contributed by atoms with Gasteiger partial charge in [0.15, 0.2) is 18.1 Å². The Balaban J connectivity index is 1.58. The van der Waals surface area contributed by atoms with Gasteiger partial charge in [-0.2, -0.15) is 5.10 Å². The van der Waals surface area contributed by atoms with Crippen molar-refractivity contribution in [1.82, 2.24) is 20.4 Å². The molecule has 1 aromatic carbocycles. The molecule has 0 spiro atoms. The topological polar surface area (TPSA) is 98.4 Å². The van der Waals surface area contributed by atoms with Crippen molar-refractivity contribution in [3.05, 3.63) is 60.6 Å². The van der Waals surface area contributed by atoms with E-state index in [4.69, 9.17) is 9.47 Å². The Morgan fingerprint density at radius 1 is 1.08 bits per heavy atom. The molecule has 1 aliphatic carbocycles. The van der Waals surface area contributed by atoms with Gasteiger partial charge in [-0.15, -0.1) is 0 Å². The zero-order valence-corrected chi connectivity index (χ0v) is 23.4. The Morgan fingerprint density at radius 3 is 2.36 bits per heavy atom. The van der Waals surface area contributed by atoms with Crippen molar-refractivity contribution in [2.24, 2.45) is 5.92 Å². The van der Waals surface area contributed by atoms with Crippen molar-refractivity contribution in [2.75, 3.05) is 14.2 Å². The third-order valence-electron chi connectivity index (χ3n) is 6.99. The molecule has 208 valence electrons. The summed E-state index contributed by atoms with van der Waals surface area (Å²) >= 11 is 0. The van der Waals surface area contributed by atoms with Gasteiger partial charge in [0.25, 0.3) is 5.91 Å². The molecule has 0 aliphatic heterocycles. The van der Waals surface area contributed by atoms with Gasteiger partial charge in [-0.3, -0.25) is 14.3 Å². The van der Waals surface area contributed by atoms with E-state index in [1.54, 1.807) is 20.3 Å². The van der Waals surface area contributed by atoms with E-state index < -0.39 is 0 Å². The predicted octanol–water partition coefficient (Wildman–Crippen LogP) is 3.76. The van der Waals surface area contributed by atoms with Gasteiger partial charge in [-0.05, 0) is 43.4 Å².